The standard InChI is InChI=1S/C15H14Cl2N2O2/c1-18(9-11-3-2-4-13(16)7-11)10-12-8-14(19(20)21)5-6-15(12)17/h2-8H,9-10H2,1H3. The van der Waals surface area contributed by atoms with Gasteiger partial charge in [0.05, 0.1) is 4.92 Å². The highest BCUT2D eigenvalue weighted by Gasteiger charge is 2.11. The maximum Gasteiger partial charge on any atom is 0.269 e. The molecule has 0 N–H and O–H groups in total. The Morgan fingerprint density at radius 3 is 2.57 bits per heavy atom. The van der Waals surface area contributed by atoms with Crippen molar-refractivity contribution in [2.24, 2.45) is 0 Å². The Balaban J connectivity index is 2.10. The van der Waals surface area contributed by atoms with E-state index >= 15 is 0 Å². The molecular weight excluding hydrogens is 311 g/mol. The average molecular weight is 325 g/mol. The van der Waals surface area contributed by atoms with Crippen LogP contribution in [0.5, 0.6) is 0 Å². The molecule has 0 bridgehead atoms. The molecule has 2 rings (SSSR count). The van der Waals surface area contributed by atoms with Gasteiger partial charge in [-0.1, -0.05) is 35.3 Å². The fourth-order valence-electron chi connectivity index (χ4n) is 2.09. The lowest BCUT2D eigenvalue weighted by molar-refractivity contribution is -0.384. The van der Waals surface area contributed by atoms with E-state index in [1.807, 2.05) is 36.2 Å². The zero-order valence-electron chi connectivity index (χ0n) is 11.4. The van der Waals surface area contributed by atoms with Crippen LogP contribution in [0, 0.1) is 10.1 Å². The molecule has 110 valence electrons. The monoisotopic (exact) mass is 324 g/mol. The van der Waals surface area contributed by atoms with Gasteiger partial charge in [0.2, 0.25) is 0 Å². The van der Waals surface area contributed by atoms with Crippen molar-refractivity contribution in [1.29, 1.82) is 0 Å². The minimum Gasteiger partial charge on any atom is -0.298 e. The topological polar surface area (TPSA) is 46.4 Å². The van der Waals surface area contributed by atoms with Gasteiger partial charge in [0.25, 0.3) is 5.69 Å². The van der Waals surface area contributed by atoms with Crippen LogP contribution in [-0.2, 0) is 13.1 Å². The summed E-state index contributed by atoms with van der Waals surface area (Å²) in [7, 11) is 1.93. The zero-order chi connectivity index (χ0) is 15.4. The Morgan fingerprint density at radius 1 is 1.14 bits per heavy atom. The smallest absolute Gasteiger partial charge is 0.269 e. The van der Waals surface area contributed by atoms with Crippen molar-refractivity contribution >= 4 is 28.9 Å². The molecule has 2 aromatic carbocycles. The number of hydrogen-bond donors (Lipinski definition) is 0. The van der Waals surface area contributed by atoms with E-state index in [1.165, 1.54) is 12.1 Å². The summed E-state index contributed by atoms with van der Waals surface area (Å²) in [5.74, 6) is 0. The molecule has 0 aliphatic rings. The largest absolute Gasteiger partial charge is 0.298 e. The van der Waals surface area contributed by atoms with E-state index in [0.717, 1.165) is 11.1 Å². The van der Waals surface area contributed by atoms with Crippen molar-refractivity contribution in [3.8, 4) is 0 Å². The van der Waals surface area contributed by atoms with Crippen molar-refractivity contribution in [1.82, 2.24) is 4.90 Å². The van der Waals surface area contributed by atoms with E-state index < -0.39 is 4.92 Å². The highest BCUT2D eigenvalue weighted by atomic mass is 35.5. The molecule has 0 fully saturated rings. The predicted molar refractivity (Wildman–Crippen MR) is 84.7 cm³/mol. The molecule has 0 amide bonds. The number of nitro groups is 1. The molecule has 0 spiro atoms. The lowest BCUT2D eigenvalue weighted by Crippen LogP contribution is -2.17. The van der Waals surface area contributed by atoms with E-state index in [-0.39, 0.29) is 5.69 Å². The fourth-order valence-corrected chi connectivity index (χ4v) is 2.48. The average Bonchev–Trinajstić information content (AvgIpc) is 2.41. The second kappa shape index (κ2) is 6.89. The van der Waals surface area contributed by atoms with Gasteiger partial charge in [-0.2, -0.15) is 0 Å². The Bertz CT molecular complexity index is 662. The maximum atomic E-state index is 10.8. The zero-order valence-corrected chi connectivity index (χ0v) is 12.9. The Morgan fingerprint density at radius 2 is 1.90 bits per heavy atom. The first-order valence-electron chi connectivity index (χ1n) is 6.31. The molecule has 0 radical (unpaired) electrons. The second-order valence-corrected chi connectivity index (χ2v) is 5.68. The van der Waals surface area contributed by atoms with Gasteiger partial charge in [0, 0.05) is 35.3 Å². The Hall–Kier alpha value is -1.62. The Kier molecular flexibility index (Phi) is 5.17. The highest BCUT2D eigenvalue weighted by Crippen LogP contribution is 2.23. The van der Waals surface area contributed by atoms with Crippen LogP contribution in [0.25, 0.3) is 0 Å². The minimum absolute atomic E-state index is 0.0468. The van der Waals surface area contributed by atoms with E-state index in [1.54, 1.807) is 6.07 Å². The number of nitrogens with zero attached hydrogens (tertiary/aromatic N) is 2. The van der Waals surface area contributed by atoms with Gasteiger partial charge in [-0.15, -0.1) is 0 Å². The summed E-state index contributed by atoms with van der Waals surface area (Å²) in [4.78, 5) is 12.4. The summed E-state index contributed by atoms with van der Waals surface area (Å²) in [6.07, 6.45) is 0. The third-order valence-corrected chi connectivity index (χ3v) is 3.63. The summed E-state index contributed by atoms with van der Waals surface area (Å²) in [5.41, 5.74) is 1.85. The van der Waals surface area contributed by atoms with E-state index in [4.69, 9.17) is 23.2 Å². The number of benzene rings is 2. The summed E-state index contributed by atoms with van der Waals surface area (Å²) >= 11 is 12.1. The van der Waals surface area contributed by atoms with Crippen molar-refractivity contribution < 1.29 is 4.92 Å². The third-order valence-electron chi connectivity index (χ3n) is 3.02. The molecule has 4 nitrogen and oxygen atoms in total. The van der Waals surface area contributed by atoms with Crippen LogP contribution in [0.1, 0.15) is 11.1 Å². The van der Waals surface area contributed by atoms with Gasteiger partial charge in [0.15, 0.2) is 0 Å². The number of rotatable bonds is 5. The number of hydrogen-bond acceptors (Lipinski definition) is 3. The van der Waals surface area contributed by atoms with Crippen LogP contribution in [0.15, 0.2) is 42.5 Å². The van der Waals surface area contributed by atoms with E-state index in [2.05, 4.69) is 0 Å². The molecule has 0 atom stereocenters. The first-order valence-corrected chi connectivity index (χ1v) is 7.07. The van der Waals surface area contributed by atoms with Gasteiger partial charge >= 0.3 is 0 Å². The van der Waals surface area contributed by atoms with Crippen LogP contribution < -0.4 is 0 Å². The summed E-state index contributed by atoms with van der Waals surface area (Å²) in [5, 5.41) is 12.0. The molecule has 0 saturated heterocycles. The van der Waals surface area contributed by atoms with Crippen LogP contribution >= 0.6 is 23.2 Å². The van der Waals surface area contributed by atoms with Gasteiger partial charge in [-0.3, -0.25) is 15.0 Å². The molecule has 0 saturated carbocycles. The van der Waals surface area contributed by atoms with Crippen molar-refractivity contribution in [2.75, 3.05) is 7.05 Å². The molecule has 2 aromatic rings. The molecule has 21 heavy (non-hydrogen) atoms. The summed E-state index contributed by atoms with van der Waals surface area (Å²) < 4.78 is 0. The van der Waals surface area contributed by atoms with Crippen LogP contribution in [-0.4, -0.2) is 16.9 Å². The molecule has 0 unspecified atom stereocenters. The molecule has 0 heterocycles. The van der Waals surface area contributed by atoms with E-state index in [0.29, 0.717) is 23.1 Å². The van der Waals surface area contributed by atoms with Crippen LogP contribution in [0.4, 0.5) is 5.69 Å². The van der Waals surface area contributed by atoms with Crippen LogP contribution in [0.3, 0.4) is 0 Å². The van der Waals surface area contributed by atoms with Gasteiger partial charge < -0.3 is 0 Å². The molecule has 0 aromatic heterocycles. The van der Waals surface area contributed by atoms with Gasteiger partial charge in [-0.05, 0) is 36.4 Å². The SMILES string of the molecule is CN(Cc1cccc(Cl)c1)Cc1cc([N+](=O)[O-])ccc1Cl. The molecule has 0 aliphatic carbocycles. The predicted octanol–water partition coefficient (Wildman–Crippen LogP) is 4.53. The minimum atomic E-state index is -0.420. The van der Waals surface area contributed by atoms with Crippen molar-refractivity contribution in [2.45, 2.75) is 13.1 Å². The normalized spacial score (nSPS) is 10.9. The summed E-state index contributed by atoms with van der Waals surface area (Å²) in [6.45, 7) is 1.20. The summed E-state index contributed by atoms with van der Waals surface area (Å²) in [6, 6.07) is 12.1. The molecular formula is C15H14Cl2N2O2. The maximum absolute atomic E-state index is 10.8. The van der Waals surface area contributed by atoms with Gasteiger partial charge in [0.1, 0.15) is 0 Å². The number of nitro benzene ring substituents is 1. The highest BCUT2D eigenvalue weighted by molar-refractivity contribution is 6.31. The quantitative estimate of drug-likeness (QED) is 0.599. The lowest BCUT2D eigenvalue weighted by Gasteiger charge is -2.17. The van der Waals surface area contributed by atoms with Gasteiger partial charge in [-0.25, -0.2) is 0 Å². The first-order chi connectivity index (χ1) is 9.95. The second-order valence-electron chi connectivity index (χ2n) is 4.84. The van der Waals surface area contributed by atoms with Crippen molar-refractivity contribution in [3.05, 3.63) is 73.8 Å². The lowest BCUT2D eigenvalue weighted by atomic mass is 10.1. The Labute approximate surface area is 133 Å². The van der Waals surface area contributed by atoms with Crippen molar-refractivity contribution in [3.63, 3.8) is 0 Å². The molecule has 6 heteroatoms. The first kappa shape index (κ1) is 15.8. The van der Waals surface area contributed by atoms with E-state index in [9.17, 15) is 10.1 Å². The fraction of sp³-hybridized carbons (Fsp3) is 0.200. The third kappa shape index (κ3) is 4.43. The van der Waals surface area contributed by atoms with Crippen LogP contribution in [0.2, 0.25) is 10.0 Å². The molecule has 0 aliphatic heterocycles. The number of non-ortho nitro benzene ring substituents is 1. The number of halogens is 2.